The first-order chi connectivity index (χ1) is 15.5. The minimum atomic E-state index is -2.68. The number of halogens is 4. The summed E-state index contributed by atoms with van der Waals surface area (Å²) >= 11 is 0. The first-order valence-electron chi connectivity index (χ1n) is 12.0. The van der Waals surface area contributed by atoms with Gasteiger partial charge in [-0.25, -0.2) is 17.6 Å². The highest BCUT2D eigenvalue weighted by Gasteiger charge is 2.22. The minimum Gasteiger partial charge on any atom is -0.485 e. The molecule has 0 saturated carbocycles. The molecule has 0 spiro atoms. The van der Waals surface area contributed by atoms with E-state index in [9.17, 15) is 17.6 Å². The summed E-state index contributed by atoms with van der Waals surface area (Å²) < 4.78 is 58.1. The Morgan fingerprint density at radius 1 is 1.00 bits per heavy atom. The van der Waals surface area contributed by atoms with Gasteiger partial charge in [0.15, 0.2) is 11.6 Å². The van der Waals surface area contributed by atoms with Crippen molar-refractivity contribution in [2.24, 2.45) is 5.92 Å². The molecule has 0 aromatic heterocycles. The molecule has 0 atom stereocenters. The van der Waals surface area contributed by atoms with Crippen LogP contribution in [0.5, 0.6) is 5.75 Å². The summed E-state index contributed by atoms with van der Waals surface area (Å²) in [5.74, 6) is -0.674. The highest BCUT2D eigenvalue weighted by molar-refractivity contribution is 6.58. The van der Waals surface area contributed by atoms with E-state index in [2.05, 4.69) is 6.92 Å². The highest BCUT2D eigenvalue weighted by atomic mass is 28.3. The number of aryl methyl sites for hydroxylation is 1. The van der Waals surface area contributed by atoms with Crippen molar-refractivity contribution in [2.45, 2.75) is 76.4 Å². The van der Waals surface area contributed by atoms with Crippen LogP contribution >= 0.6 is 0 Å². The van der Waals surface area contributed by atoms with Crippen molar-refractivity contribution in [1.82, 2.24) is 0 Å². The van der Waals surface area contributed by atoms with Gasteiger partial charge in [0.1, 0.15) is 12.4 Å². The van der Waals surface area contributed by atoms with Gasteiger partial charge in [-0.05, 0) is 48.1 Å². The Kier molecular flexibility index (Phi) is 9.63. The van der Waals surface area contributed by atoms with Gasteiger partial charge in [-0.1, -0.05) is 75.4 Å². The van der Waals surface area contributed by atoms with Crippen LogP contribution in [-0.2, 0) is 6.42 Å². The van der Waals surface area contributed by atoms with E-state index in [1.807, 2.05) is 6.07 Å². The topological polar surface area (TPSA) is 9.23 Å². The molecule has 0 aliphatic carbocycles. The average Bonchev–Trinajstić information content (AvgIpc) is 2.78. The first kappa shape index (κ1) is 24.8. The number of unbranched alkanes of at least 4 members (excludes halogenated alkanes) is 2. The van der Waals surface area contributed by atoms with Crippen LogP contribution in [0, 0.1) is 17.6 Å². The molecule has 1 nitrogen and oxygen atoms in total. The van der Waals surface area contributed by atoms with E-state index >= 15 is 0 Å². The Bertz CT molecular complexity index is 850. The summed E-state index contributed by atoms with van der Waals surface area (Å²) in [5, 5.41) is 0. The van der Waals surface area contributed by atoms with Gasteiger partial charge in [-0.3, -0.25) is 0 Å². The van der Waals surface area contributed by atoms with E-state index in [0.717, 1.165) is 30.4 Å². The van der Waals surface area contributed by atoms with Crippen LogP contribution in [0.2, 0.25) is 18.1 Å². The fraction of sp³-hybridized carbons (Fsp3) is 0.538. The molecule has 6 heteroatoms. The summed E-state index contributed by atoms with van der Waals surface area (Å²) in [6.07, 6.45) is 6.04. The molecule has 0 amide bonds. The van der Waals surface area contributed by atoms with Gasteiger partial charge in [-0.2, -0.15) is 0 Å². The van der Waals surface area contributed by atoms with Crippen molar-refractivity contribution in [3.05, 3.63) is 53.6 Å². The van der Waals surface area contributed by atoms with Gasteiger partial charge >= 0.3 is 0 Å². The predicted molar refractivity (Wildman–Crippen MR) is 125 cm³/mol. The van der Waals surface area contributed by atoms with Crippen molar-refractivity contribution in [1.29, 1.82) is 0 Å². The molecular weight excluding hydrogens is 432 g/mol. The monoisotopic (exact) mass is 466 g/mol. The lowest BCUT2D eigenvalue weighted by Gasteiger charge is -2.27. The number of benzene rings is 2. The standard InChI is InChI=1S/C26H34F4OSi/c1-2-3-4-13-32-14-11-19(12-15-32)5-6-20-7-9-22(23(27)16-20)21-8-10-25(24(28)17-21)31-18-26(29)30/h7-10,16-17,19,26,32H,2-6,11-15,18H2,1H3. The predicted octanol–water partition coefficient (Wildman–Crippen LogP) is 8.04. The Morgan fingerprint density at radius 2 is 1.78 bits per heavy atom. The van der Waals surface area contributed by atoms with Gasteiger partial charge in [-0.15, -0.1) is 0 Å². The van der Waals surface area contributed by atoms with Gasteiger partial charge in [0.25, 0.3) is 6.43 Å². The Morgan fingerprint density at radius 3 is 2.44 bits per heavy atom. The molecule has 0 bridgehead atoms. The maximum atomic E-state index is 14.7. The Balaban J connectivity index is 1.52. The van der Waals surface area contributed by atoms with E-state index in [0.29, 0.717) is 11.1 Å². The van der Waals surface area contributed by atoms with Gasteiger partial charge in [0, 0.05) is 14.4 Å². The van der Waals surface area contributed by atoms with Gasteiger partial charge < -0.3 is 4.74 Å². The van der Waals surface area contributed by atoms with Crippen molar-refractivity contribution in [3.8, 4) is 16.9 Å². The molecule has 1 fully saturated rings. The smallest absolute Gasteiger partial charge is 0.272 e. The second kappa shape index (κ2) is 12.4. The second-order valence-corrected chi connectivity index (χ2v) is 12.5. The fourth-order valence-corrected chi connectivity index (χ4v) is 8.37. The quantitative estimate of drug-likeness (QED) is 0.185. The molecular formula is C26H34F4OSi. The fourth-order valence-electron chi connectivity index (χ4n) is 4.75. The van der Waals surface area contributed by atoms with Crippen molar-refractivity contribution in [3.63, 3.8) is 0 Å². The van der Waals surface area contributed by atoms with Crippen LogP contribution in [-0.4, -0.2) is 21.8 Å². The van der Waals surface area contributed by atoms with E-state index in [4.69, 9.17) is 4.74 Å². The molecule has 1 heterocycles. The maximum absolute atomic E-state index is 14.7. The first-order valence-corrected chi connectivity index (χ1v) is 14.4. The maximum Gasteiger partial charge on any atom is 0.272 e. The van der Waals surface area contributed by atoms with Crippen LogP contribution in [0.25, 0.3) is 11.1 Å². The number of hydrogen-bond acceptors (Lipinski definition) is 1. The largest absolute Gasteiger partial charge is 0.485 e. The van der Waals surface area contributed by atoms with Gasteiger partial charge in [0.2, 0.25) is 0 Å². The molecule has 2 aromatic rings. The summed E-state index contributed by atoms with van der Waals surface area (Å²) in [6, 6.07) is 13.4. The molecule has 0 unspecified atom stereocenters. The zero-order valence-electron chi connectivity index (χ0n) is 18.9. The van der Waals surface area contributed by atoms with Crippen molar-refractivity contribution >= 4 is 8.80 Å². The lowest BCUT2D eigenvalue weighted by molar-refractivity contribution is 0.0799. The highest BCUT2D eigenvalue weighted by Crippen LogP contribution is 2.32. The van der Waals surface area contributed by atoms with Crippen LogP contribution in [0.3, 0.4) is 0 Å². The van der Waals surface area contributed by atoms with Crippen LogP contribution in [0.4, 0.5) is 17.6 Å². The molecule has 1 aliphatic rings. The van der Waals surface area contributed by atoms with E-state index in [1.165, 1.54) is 62.4 Å². The molecule has 0 radical (unpaired) electrons. The zero-order chi connectivity index (χ0) is 22.9. The second-order valence-electron chi connectivity index (χ2n) is 9.08. The summed E-state index contributed by atoms with van der Waals surface area (Å²) in [6.45, 7) is 1.39. The lowest BCUT2D eigenvalue weighted by Crippen LogP contribution is -2.21. The molecule has 32 heavy (non-hydrogen) atoms. The summed E-state index contributed by atoms with van der Waals surface area (Å²) in [7, 11) is -0.499. The molecule has 3 rings (SSSR count). The average molecular weight is 467 g/mol. The van der Waals surface area contributed by atoms with Crippen molar-refractivity contribution in [2.75, 3.05) is 6.61 Å². The molecule has 176 valence electrons. The molecule has 0 N–H and O–H groups in total. The lowest BCUT2D eigenvalue weighted by atomic mass is 9.93. The van der Waals surface area contributed by atoms with E-state index in [1.54, 1.807) is 12.1 Å². The van der Waals surface area contributed by atoms with E-state index in [-0.39, 0.29) is 5.75 Å². The van der Waals surface area contributed by atoms with Crippen LogP contribution < -0.4 is 4.74 Å². The SMILES string of the molecule is CCCCC[SiH]1CCC(CCc2ccc(-c3ccc(OCC(F)F)c(F)c3)c(F)c2)CC1. The van der Waals surface area contributed by atoms with Crippen LogP contribution in [0.1, 0.15) is 51.0 Å². The number of ether oxygens (including phenoxy) is 1. The van der Waals surface area contributed by atoms with Crippen molar-refractivity contribution < 1.29 is 22.3 Å². The minimum absolute atomic E-state index is 0.255. The normalized spacial score (nSPS) is 18.8. The third kappa shape index (κ3) is 7.36. The summed E-state index contributed by atoms with van der Waals surface area (Å²) in [4.78, 5) is 0. The Hall–Kier alpha value is -1.82. The third-order valence-corrected chi connectivity index (χ3v) is 10.2. The van der Waals surface area contributed by atoms with Crippen LogP contribution in [0.15, 0.2) is 36.4 Å². The third-order valence-electron chi connectivity index (χ3n) is 6.66. The molecule has 2 aromatic carbocycles. The van der Waals surface area contributed by atoms with Gasteiger partial charge in [0.05, 0.1) is 0 Å². The number of hydrogen-bond donors (Lipinski definition) is 0. The molecule has 1 saturated heterocycles. The zero-order valence-corrected chi connectivity index (χ0v) is 20.0. The number of rotatable bonds is 11. The molecule has 1 aliphatic heterocycles. The summed E-state index contributed by atoms with van der Waals surface area (Å²) in [5.41, 5.74) is 1.62. The number of alkyl halides is 2. The van der Waals surface area contributed by atoms with E-state index < -0.39 is 33.5 Å². The Labute approximate surface area is 190 Å².